The van der Waals surface area contributed by atoms with Gasteiger partial charge in [-0.2, -0.15) is 0 Å². The van der Waals surface area contributed by atoms with Crippen LogP contribution in [0.1, 0.15) is 37.3 Å². The first-order valence-electron chi connectivity index (χ1n) is 8.74. The van der Waals surface area contributed by atoms with Crippen molar-refractivity contribution in [2.45, 2.75) is 44.9 Å². The van der Waals surface area contributed by atoms with Crippen molar-refractivity contribution in [3.05, 3.63) is 53.6 Å². The molecule has 0 saturated carbocycles. The predicted molar refractivity (Wildman–Crippen MR) is 95.8 cm³/mol. The van der Waals surface area contributed by atoms with Crippen LogP contribution in [0, 0.1) is 5.82 Å². The Morgan fingerprint density at radius 3 is 2.52 bits per heavy atom. The smallest absolute Gasteiger partial charge is 0.222 e. The van der Waals surface area contributed by atoms with Crippen molar-refractivity contribution >= 4 is 5.95 Å². The summed E-state index contributed by atoms with van der Waals surface area (Å²) in [5.41, 5.74) is 2.03. The van der Waals surface area contributed by atoms with Crippen molar-refractivity contribution in [2.24, 2.45) is 0 Å². The summed E-state index contributed by atoms with van der Waals surface area (Å²) in [6.45, 7) is 6.28. The molecule has 6 heteroatoms. The quantitative estimate of drug-likeness (QED) is 0.873. The highest BCUT2D eigenvalue weighted by molar-refractivity contribution is 5.26. The van der Waals surface area contributed by atoms with Gasteiger partial charge < -0.3 is 10.4 Å². The van der Waals surface area contributed by atoms with Crippen molar-refractivity contribution in [3.8, 4) is 0 Å². The number of β-amino-alcohol motifs (C(OH)–C–C–N with tert-alkyl or cyclic N) is 1. The minimum atomic E-state index is -0.456. The van der Waals surface area contributed by atoms with E-state index in [0.29, 0.717) is 18.5 Å². The van der Waals surface area contributed by atoms with Crippen LogP contribution in [0.25, 0.3) is 0 Å². The number of nitrogens with one attached hydrogen (secondary N) is 1. The van der Waals surface area contributed by atoms with Gasteiger partial charge in [0.2, 0.25) is 5.95 Å². The first-order chi connectivity index (χ1) is 12.0. The summed E-state index contributed by atoms with van der Waals surface area (Å²) in [7, 11) is 0. The number of aliphatic hydroxyl groups excluding tert-OH is 1. The predicted octanol–water partition coefficient (Wildman–Crippen LogP) is 2.79. The molecule has 1 fully saturated rings. The van der Waals surface area contributed by atoms with E-state index < -0.39 is 6.10 Å². The number of rotatable bonds is 5. The Bertz CT molecular complexity index is 675. The number of hydrogen-bond acceptors (Lipinski definition) is 5. The van der Waals surface area contributed by atoms with Crippen molar-refractivity contribution in [2.75, 3.05) is 18.4 Å². The maximum atomic E-state index is 13.1. The molecule has 5 nitrogen and oxygen atoms in total. The van der Waals surface area contributed by atoms with Crippen LogP contribution in [0.3, 0.4) is 0 Å². The first-order valence-corrected chi connectivity index (χ1v) is 8.74. The molecule has 0 spiro atoms. The number of aliphatic hydroxyl groups is 1. The summed E-state index contributed by atoms with van der Waals surface area (Å²) in [5.74, 6) is 0.450. The standard InChI is InChI=1S/C19H25FN4O/c1-13(2)23-19-21-9-14(10-22-19)11-24-8-7-17(18(25)12-24)15-3-5-16(20)6-4-15/h3-6,9-10,13,17-18,25H,7-8,11-12H2,1-2H3,(H,21,22,23)/t17-,18+/m1/s1. The molecule has 2 aromatic rings. The van der Waals surface area contributed by atoms with Gasteiger partial charge in [-0.05, 0) is 44.5 Å². The van der Waals surface area contributed by atoms with Crippen molar-refractivity contribution in [1.29, 1.82) is 0 Å². The van der Waals surface area contributed by atoms with Crippen molar-refractivity contribution < 1.29 is 9.50 Å². The summed E-state index contributed by atoms with van der Waals surface area (Å²) in [6, 6.07) is 6.75. The number of nitrogens with zero attached hydrogens (tertiary/aromatic N) is 3. The van der Waals surface area contributed by atoms with Crippen LogP contribution in [0.5, 0.6) is 0 Å². The molecule has 0 bridgehead atoms. The Balaban J connectivity index is 1.56. The van der Waals surface area contributed by atoms with E-state index in [1.165, 1.54) is 12.1 Å². The maximum Gasteiger partial charge on any atom is 0.222 e. The normalized spacial score (nSPS) is 21.5. The van der Waals surface area contributed by atoms with Crippen LogP contribution in [0.4, 0.5) is 10.3 Å². The Morgan fingerprint density at radius 2 is 1.92 bits per heavy atom. The van der Waals surface area contributed by atoms with Gasteiger partial charge in [0.1, 0.15) is 5.82 Å². The van der Waals surface area contributed by atoms with Gasteiger partial charge in [-0.25, -0.2) is 14.4 Å². The zero-order chi connectivity index (χ0) is 17.8. The highest BCUT2D eigenvalue weighted by Crippen LogP contribution is 2.29. The topological polar surface area (TPSA) is 61.3 Å². The second-order valence-corrected chi connectivity index (χ2v) is 6.96. The van der Waals surface area contributed by atoms with Crippen LogP contribution < -0.4 is 5.32 Å². The number of benzene rings is 1. The molecule has 2 N–H and O–H groups in total. The molecule has 0 aliphatic carbocycles. The summed E-state index contributed by atoms with van der Waals surface area (Å²) < 4.78 is 13.1. The van der Waals surface area contributed by atoms with Gasteiger partial charge in [-0.15, -0.1) is 0 Å². The number of likely N-dealkylation sites (tertiary alicyclic amines) is 1. The molecule has 1 aliphatic rings. The number of hydrogen-bond donors (Lipinski definition) is 2. The summed E-state index contributed by atoms with van der Waals surface area (Å²) >= 11 is 0. The number of halogens is 1. The number of anilines is 1. The lowest BCUT2D eigenvalue weighted by molar-refractivity contribution is 0.0475. The molecular formula is C19H25FN4O. The first kappa shape index (κ1) is 17.8. The van der Waals surface area contributed by atoms with E-state index in [9.17, 15) is 9.50 Å². The molecule has 1 aromatic heterocycles. The fraction of sp³-hybridized carbons (Fsp3) is 0.474. The van der Waals surface area contributed by atoms with Gasteiger partial charge in [-0.3, -0.25) is 4.90 Å². The second kappa shape index (κ2) is 7.89. The monoisotopic (exact) mass is 344 g/mol. The molecule has 3 rings (SSSR count). The summed E-state index contributed by atoms with van der Waals surface area (Å²) in [5, 5.41) is 13.7. The number of aromatic nitrogens is 2. The Hall–Kier alpha value is -2.05. The van der Waals surface area contributed by atoms with E-state index in [-0.39, 0.29) is 11.7 Å². The highest BCUT2D eigenvalue weighted by Gasteiger charge is 2.28. The second-order valence-electron chi connectivity index (χ2n) is 6.96. The average molecular weight is 344 g/mol. The third-order valence-electron chi connectivity index (χ3n) is 4.49. The minimum absolute atomic E-state index is 0.0608. The zero-order valence-electron chi connectivity index (χ0n) is 14.7. The van der Waals surface area contributed by atoms with Crippen LogP contribution >= 0.6 is 0 Å². The average Bonchev–Trinajstić information content (AvgIpc) is 2.57. The van der Waals surface area contributed by atoms with E-state index in [4.69, 9.17) is 0 Å². The van der Waals surface area contributed by atoms with Crippen LogP contribution in [-0.4, -0.2) is 45.2 Å². The van der Waals surface area contributed by atoms with Gasteiger partial charge in [0, 0.05) is 43.0 Å². The van der Waals surface area contributed by atoms with E-state index in [1.54, 1.807) is 12.1 Å². The molecule has 0 radical (unpaired) electrons. The SMILES string of the molecule is CC(C)Nc1ncc(CN2CC[C@H](c3ccc(F)cc3)[C@@H](O)C2)cn1. The fourth-order valence-corrected chi connectivity index (χ4v) is 3.27. The van der Waals surface area contributed by atoms with Gasteiger partial charge in [0.05, 0.1) is 6.10 Å². The minimum Gasteiger partial charge on any atom is -0.391 e. The van der Waals surface area contributed by atoms with Gasteiger partial charge in [-0.1, -0.05) is 12.1 Å². The van der Waals surface area contributed by atoms with E-state index in [1.807, 2.05) is 26.2 Å². The molecular weight excluding hydrogens is 319 g/mol. The van der Waals surface area contributed by atoms with Crippen molar-refractivity contribution in [3.63, 3.8) is 0 Å². The van der Waals surface area contributed by atoms with Crippen LogP contribution in [0.15, 0.2) is 36.7 Å². The third-order valence-corrected chi connectivity index (χ3v) is 4.49. The third kappa shape index (κ3) is 4.74. The summed E-state index contributed by atoms with van der Waals surface area (Å²) in [6.07, 6.45) is 4.05. The van der Waals surface area contributed by atoms with Crippen molar-refractivity contribution in [1.82, 2.24) is 14.9 Å². The Kier molecular flexibility index (Phi) is 5.60. The Morgan fingerprint density at radius 1 is 1.24 bits per heavy atom. The largest absolute Gasteiger partial charge is 0.391 e. The zero-order valence-corrected chi connectivity index (χ0v) is 14.7. The molecule has 0 amide bonds. The highest BCUT2D eigenvalue weighted by atomic mass is 19.1. The van der Waals surface area contributed by atoms with Gasteiger partial charge >= 0.3 is 0 Å². The molecule has 134 valence electrons. The fourth-order valence-electron chi connectivity index (χ4n) is 3.27. The molecule has 1 aromatic carbocycles. The van der Waals surface area contributed by atoms with Gasteiger partial charge in [0.15, 0.2) is 0 Å². The lowest BCUT2D eigenvalue weighted by Crippen LogP contribution is -2.42. The van der Waals surface area contributed by atoms with Crippen LogP contribution in [-0.2, 0) is 6.54 Å². The van der Waals surface area contributed by atoms with E-state index >= 15 is 0 Å². The van der Waals surface area contributed by atoms with E-state index in [0.717, 1.165) is 30.6 Å². The van der Waals surface area contributed by atoms with Gasteiger partial charge in [0.25, 0.3) is 0 Å². The molecule has 2 atom stereocenters. The lowest BCUT2D eigenvalue weighted by Gasteiger charge is -2.36. The Labute approximate surface area is 147 Å². The molecule has 2 heterocycles. The lowest BCUT2D eigenvalue weighted by atomic mass is 9.87. The van der Waals surface area contributed by atoms with E-state index in [2.05, 4.69) is 20.2 Å². The maximum absolute atomic E-state index is 13.1. The number of piperidine rings is 1. The summed E-state index contributed by atoms with van der Waals surface area (Å²) in [4.78, 5) is 10.9. The molecule has 0 unspecified atom stereocenters. The molecule has 25 heavy (non-hydrogen) atoms. The molecule has 1 aliphatic heterocycles. The van der Waals surface area contributed by atoms with Crippen LogP contribution in [0.2, 0.25) is 0 Å². The molecule has 1 saturated heterocycles.